The van der Waals surface area contributed by atoms with Crippen molar-refractivity contribution in [2.75, 3.05) is 67.1 Å². The summed E-state index contributed by atoms with van der Waals surface area (Å²) in [6.07, 6.45) is 1.15. The van der Waals surface area contributed by atoms with Crippen LogP contribution in [0.2, 0.25) is 0 Å². The van der Waals surface area contributed by atoms with E-state index in [1.165, 1.54) is 24.2 Å². The second kappa shape index (κ2) is 10.1. The molecular weight excluding hydrogens is 338 g/mol. The topological polar surface area (TPSA) is 43.3 Å². The first-order valence-corrected chi connectivity index (χ1v) is 10.1. The number of piperazine rings is 1. The molecule has 0 bridgehead atoms. The van der Waals surface area contributed by atoms with Crippen LogP contribution in [0.1, 0.15) is 17.5 Å². The molecule has 0 saturated carbocycles. The van der Waals surface area contributed by atoms with Crippen LogP contribution in [0.15, 0.2) is 29.3 Å². The lowest BCUT2D eigenvalue weighted by molar-refractivity contribution is 0.148. The van der Waals surface area contributed by atoms with E-state index in [9.17, 15) is 0 Å². The minimum atomic E-state index is 0.613. The van der Waals surface area contributed by atoms with Gasteiger partial charge in [-0.1, -0.05) is 24.3 Å². The molecule has 0 aromatic heterocycles. The third kappa shape index (κ3) is 6.19. The van der Waals surface area contributed by atoms with Crippen LogP contribution >= 0.6 is 0 Å². The number of nitrogens with one attached hydrogen (secondary N) is 1. The summed E-state index contributed by atoms with van der Waals surface area (Å²) in [6.45, 7) is 9.26. The van der Waals surface area contributed by atoms with Crippen LogP contribution in [0.4, 0.5) is 0 Å². The molecule has 1 N–H and O–H groups in total. The normalized spacial score (nSPS) is 22.2. The molecule has 0 spiro atoms. The lowest BCUT2D eigenvalue weighted by atomic mass is 10.1. The predicted octanol–water partition coefficient (Wildman–Crippen LogP) is 1.48. The monoisotopic (exact) mass is 373 g/mol. The number of benzene rings is 1. The molecule has 6 nitrogen and oxygen atoms in total. The first kappa shape index (κ1) is 20.1. The maximum absolute atomic E-state index is 5.48. The first-order chi connectivity index (χ1) is 13.1. The second-order valence-corrected chi connectivity index (χ2v) is 7.91. The van der Waals surface area contributed by atoms with Gasteiger partial charge in [0.05, 0.1) is 6.61 Å². The number of hydrogen-bond acceptors (Lipinski definition) is 4. The predicted molar refractivity (Wildman–Crippen MR) is 111 cm³/mol. The van der Waals surface area contributed by atoms with Crippen molar-refractivity contribution >= 4 is 5.96 Å². The van der Waals surface area contributed by atoms with Crippen LogP contribution in [-0.4, -0.2) is 87.7 Å². The first-order valence-electron chi connectivity index (χ1n) is 10.1. The molecule has 1 aromatic rings. The summed E-state index contributed by atoms with van der Waals surface area (Å²) in [4.78, 5) is 11.6. The fraction of sp³-hybridized carbons (Fsp3) is 0.667. The summed E-state index contributed by atoms with van der Waals surface area (Å²) in [5.74, 6) is 1.56. The highest BCUT2D eigenvalue weighted by atomic mass is 16.5. The molecule has 0 aliphatic carbocycles. The molecule has 6 heteroatoms. The minimum Gasteiger partial charge on any atom is -0.381 e. The van der Waals surface area contributed by atoms with Gasteiger partial charge in [-0.25, -0.2) is 0 Å². The summed E-state index contributed by atoms with van der Waals surface area (Å²) in [6, 6.07) is 8.99. The summed E-state index contributed by atoms with van der Waals surface area (Å²) >= 11 is 0. The van der Waals surface area contributed by atoms with E-state index >= 15 is 0 Å². The molecule has 1 aromatic carbocycles. The van der Waals surface area contributed by atoms with E-state index in [2.05, 4.69) is 63.4 Å². The number of rotatable bonds is 6. The highest BCUT2D eigenvalue weighted by Gasteiger charge is 2.19. The Morgan fingerprint density at radius 1 is 1.19 bits per heavy atom. The number of nitrogens with zero attached hydrogens (tertiary/aromatic N) is 4. The molecule has 2 aliphatic rings. The maximum atomic E-state index is 5.48. The summed E-state index contributed by atoms with van der Waals surface area (Å²) < 4.78 is 5.48. The Bertz CT molecular complexity index is 589. The molecule has 150 valence electrons. The smallest absolute Gasteiger partial charge is 0.193 e. The van der Waals surface area contributed by atoms with Crippen LogP contribution < -0.4 is 5.32 Å². The van der Waals surface area contributed by atoms with Gasteiger partial charge >= 0.3 is 0 Å². The summed E-state index contributed by atoms with van der Waals surface area (Å²) in [7, 11) is 6.15. The average Bonchev–Trinajstić information content (AvgIpc) is 3.18. The Labute approximate surface area is 164 Å². The lowest BCUT2D eigenvalue weighted by Gasteiger charge is -2.32. The maximum Gasteiger partial charge on any atom is 0.193 e. The third-order valence-corrected chi connectivity index (χ3v) is 5.61. The molecule has 2 aliphatic heterocycles. The van der Waals surface area contributed by atoms with Crippen molar-refractivity contribution in [3.05, 3.63) is 35.4 Å². The Morgan fingerprint density at radius 2 is 1.89 bits per heavy atom. The Hall–Kier alpha value is -1.63. The van der Waals surface area contributed by atoms with Gasteiger partial charge in [0.2, 0.25) is 0 Å². The summed E-state index contributed by atoms with van der Waals surface area (Å²) in [5, 5.41) is 3.48. The van der Waals surface area contributed by atoms with Crippen LogP contribution in [0.25, 0.3) is 0 Å². The van der Waals surface area contributed by atoms with E-state index in [0.717, 1.165) is 58.3 Å². The zero-order valence-corrected chi connectivity index (χ0v) is 17.2. The second-order valence-electron chi connectivity index (χ2n) is 7.91. The Balaban J connectivity index is 1.44. The average molecular weight is 374 g/mol. The molecule has 1 atom stereocenters. The summed E-state index contributed by atoms with van der Waals surface area (Å²) in [5.41, 5.74) is 2.68. The molecule has 0 amide bonds. The number of ether oxygens (including phenoxy) is 1. The van der Waals surface area contributed by atoms with Gasteiger partial charge in [-0.05, 0) is 24.6 Å². The lowest BCUT2D eigenvalue weighted by Crippen LogP contribution is -2.43. The van der Waals surface area contributed by atoms with Crippen LogP contribution in [0.3, 0.4) is 0 Å². The van der Waals surface area contributed by atoms with E-state index in [0.29, 0.717) is 5.92 Å². The quantitative estimate of drug-likeness (QED) is 0.604. The minimum absolute atomic E-state index is 0.613. The van der Waals surface area contributed by atoms with Gasteiger partial charge in [0.15, 0.2) is 5.96 Å². The highest BCUT2D eigenvalue weighted by molar-refractivity contribution is 5.79. The van der Waals surface area contributed by atoms with Crippen molar-refractivity contribution in [3.63, 3.8) is 0 Å². The van der Waals surface area contributed by atoms with Gasteiger partial charge in [-0.3, -0.25) is 9.89 Å². The number of aliphatic imine (C=N–C) groups is 1. The third-order valence-electron chi connectivity index (χ3n) is 5.61. The zero-order valence-electron chi connectivity index (χ0n) is 17.2. The largest absolute Gasteiger partial charge is 0.381 e. The van der Waals surface area contributed by atoms with Crippen molar-refractivity contribution in [1.82, 2.24) is 20.0 Å². The van der Waals surface area contributed by atoms with Gasteiger partial charge in [-0.15, -0.1) is 0 Å². The fourth-order valence-electron chi connectivity index (χ4n) is 3.79. The highest BCUT2D eigenvalue weighted by Crippen LogP contribution is 2.13. The van der Waals surface area contributed by atoms with Crippen LogP contribution in [0, 0.1) is 5.92 Å². The van der Waals surface area contributed by atoms with E-state index in [1.54, 1.807) is 0 Å². The molecule has 0 radical (unpaired) electrons. The fourth-order valence-corrected chi connectivity index (χ4v) is 3.79. The van der Waals surface area contributed by atoms with Gasteiger partial charge < -0.3 is 19.9 Å². The van der Waals surface area contributed by atoms with Crippen molar-refractivity contribution in [2.24, 2.45) is 10.9 Å². The number of guanidine groups is 1. The molecular formula is C21H35N5O. The van der Waals surface area contributed by atoms with Crippen molar-refractivity contribution in [2.45, 2.75) is 19.5 Å². The van der Waals surface area contributed by atoms with Crippen molar-refractivity contribution < 1.29 is 4.74 Å². The van der Waals surface area contributed by atoms with Crippen molar-refractivity contribution in [3.8, 4) is 0 Å². The molecule has 2 saturated heterocycles. The van der Waals surface area contributed by atoms with Crippen LogP contribution in [-0.2, 0) is 17.8 Å². The zero-order chi connectivity index (χ0) is 19.1. The van der Waals surface area contributed by atoms with E-state index in [4.69, 9.17) is 4.74 Å². The van der Waals surface area contributed by atoms with E-state index in [1.807, 2.05) is 7.05 Å². The molecule has 2 fully saturated rings. The standard InChI is InChI=1S/C21H35N5O/c1-22-21(25(3)15-20-8-13-27-17-20)23-14-18-4-6-19(7-5-18)16-26-11-9-24(2)10-12-26/h4-7,20H,8-17H2,1-3H3,(H,22,23). The Morgan fingerprint density at radius 3 is 2.52 bits per heavy atom. The molecule has 3 rings (SSSR count). The SMILES string of the molecule is CN=C(NCc1ccc(CN2CCN(C)CC2)cc1)N(C)CC1CCOC1. The molecule has 1 unspecified atom stereocenters. The number of likely N-dealkylation sites (N-methyl/N-ethyl adjacent to an activating group) is 1. The van der Waals surface area contributed by atoms with Crippen LogP contribution in [0.5, 0.6) is 0 Å². The van der Waals surface area contributed by atoms with Gasteiger partial charge in [-0.2, -0.15) is 0 Å². The van der Waals surface area contributed by atoms with Gasteiger partial charge in [0.1, 0.15) is 0 Å². The van der Waals surface area contributed by atoms with Gasteiger partial charge in [0.25, 0.3) is 0 Å². The van der Waals surface area contributed by atoms with E-state index < -0.39 is 0 Å². The van der Waals surface area contributed by atoms with Crippen molar-refractivity contribution in [1.29, 1.82) is 0 Å². The van der Waals surface area contributed by atoms with Gasteiger partial charge in [0, 0.05) is 72.4 Å². The molecule has 2 heterocycles. The van der Waals surface area contributed by atoms with E-state index in [-0.39, 0.29) is 0 Å². The Kier molecular flexibility index (Phi) is 7.50. The number of hydrogen-bond donors (Lipinski definition) is 1. The molecule has 27 heavy (non-hydrogen) atoms.